The van der Waals surface area contributed by atoms with E-state index < -0.39 is 0 Å². The van der Waals surface area contributed by atoms with E-state index in [-0.39, 0.29) is 11.8 Å². The number of rotatable bonds is 3. The van der Waals surface area contributed by atoms with Gasteiger partial charge in [-0.05, 0) is 50.6 Å². The minimum absolute atomic E-state index is 0.0928. The van der Waals surface area contributed by atoms with E-state index in [0.717, 1.165) is 36.4 Å². The van der Waals surface area contributed by atoms with Gasteiger partial charge in [-0.25, -0.2) is 4.98 Å². The fourth-order valence-electron chi connectivity index (χ4n) is 2.69. The molecule has 0 bridgehead atoms. The predicted molar refractivity (Wildman–Crippen MR) is 80.8 cm³/mol. The van der Waals surface area contributed by atoms with E-state index in [9.17, 15) is 4.79 Å². The molecule has 2 N–H and O–H groups in total. The van der Waals surface area contributed by atoms with Crippen LogP contribution in [0.4, 0.5) is 5.69 Å². The minimum Gasteiger partial charge on any atom is -0.444 e. The molecule has 1 saturated heterocycles. The average molecular weight is 285 g/mol. The zero-order chi connectivity index (χ0) is 14.7. The van der Waals surface area contributed by atoms with Gasteiger partial charge < -0.3 is 15.1 Å². The lowest BCUT2D eigenvalue weighted by Gasteiger charge is -2.27. The molecule has 110 valence electrons. The lowest BCUT2D eigenvalue weighted by molar-refractivity contribution is -0.120. The number of amides is 1. The molecule has 0 radical (unpaired) electrons. The highest BCUT2D eigenvalue weighted by molar-refractivity contribution is 5.92. The number of aromatic nitrogens is 1. The third-order valence-corrected chi connectivity index (χ3v) is 3.86. The van der Waals surface area contributed by atoms with Crippen molar-refractivity contribution in [3.05, 3.63) is 36.9 Å². The van der Waals surface area contributed by atoms with Crippen molar-refractivity contribution in [1.82, 2.24) is 10.3 Å². The number of nitrogens with one attached hydrogen (secondary N) is 2. The zero-order valence-electron chi connectivity index (χ0n) is 12.0. The Kier molecular flexibility index (Phi) is 4.01. The van der Waals surface area contributed by atoms with Crippen LogP contribution in [0.2, 0.25) is 0 Å². The molecule has 0 saturated carbocycles. The van der Waals surface area contributed by atoms with Gasteiger partial charge in [0, 0.05) is 23.2 Å². The van der Waals surface area contributed by atoms with Crippen LogP contribution in [-0.2, 0) is 4.79 Å². The summed E-state index contributed by atoms with van der Waals surface area (Å²) in [5, 5.41) is 6.35. The lowest BCUT2D eigenvalue weighted by Crippen LogP contribution is -2.40. The molecule has 0 aliphatic carbocycles. The summed E-state index contributed by atoms with van der Waals surface area (Å²) in [6.07, 6.45) is 4.86. The first kappa shape index (κ1) is 13.8. The van der Waals surface area contributed by atoms with E-state index in [1.165, 1.54) is 6.39 Å². The fourth-order valence-corrected chi connectivity index (χ4v) is 2.69. The van der Waals surface area contributed by atoms with Crippen LogP contribution in [-0.4, -0.2) is 23.5 Å². The Labute approximate surface area is 123 Å². The van der Waals surface area contributed by atoms with Gasteiger partial charge in [-0.15, -0.1) is 0 Å². The van der Waals surface area contributed by atoms with Crippen molar-refractivity contribution in [1.29, 1.82) is 0 Å². The summed E-state index contributed by atoms with van der Waals surface area (Å²) in [5.74, 6) is 0.922. The van der Waals surface area contributed by atoms with Crippen LogP contribution in [0, 0.1) is 5.92 Å². The summed E-state index contributed by atoms with van der Waals surface area (Å²) >= 11 is 0. The summed E-state index contributed by atoms with van der Waals surface area (Å²) in [6.45, 7) is 3.02. The molecule has 2 aromatic rings. The number of hydrogen-bond donors (Lipinski definition) is 2. The van der Waals surface area contributed by atoms with E-state index in [1.807, 2.05) is 24.3 Å². The number of oxazole rings is 1. The van der Waals surface area contributed by atoms with Crippen molar-refractivity contribution in [3.8, 4) is 11.3 Å². The first-order valence-corrected chi connectivity index (χ1v) is 7.25. The third-order valence-electron chi connectivity index (χ3n) is 3.86. The second-order valence-corrected chi connectivity index (χ2v) is 5.51. The van der Waals surface area contributed by atoms with Crippen molar-refractivity contribution < 1.29 is 9.21 Å². The molecule has 3 rings (SSSR count). The number of nitrogens with zero attached hydrogens (tertiary/aromatic N) is 1. The number of hydrogen-bond acceptors (Lipinski definition) is 4. The molecule has 2 atom stereocenters. The molecular weight excluding hydrogens is 266 g/mol. The molecule has 1 amide bonds. The molecule has 0 spiro atoms. The van der Waals surface area contributed by atoms with Crippen LogP contribution < -0.4 is 10.6 Å². The van der Waals surface area contributed by atoms with Gasteiger partial charge in [-0.2, -0.15) is 0 Å². The zero-order valence-corrected chi connectivity index (χ0v) is 12.0. The van der Waals surface area contributed by atoms with Crippen LogP contribution in [0.25, 0.3) is 11.3 Å². The number of piperidine rings is 1. The van der Waals surface area contributed by atoms with Gasteiger partial charge in [0.05, 0.1) is 6.20 Å². The lowest BCUT2D eigenvalue weighted by atomic mass is 9.92. The quantitative estimate of drug-likeness (QED) is 0.910. The fraction of sp³-hybridized carbons (Fsp3) is 0.375. The number of benzene rings is 1. The maximum absolute atomic E-state index is 12.3. The van der Waals surface area contributed by atoms with Crippen molar-refractivity contribution in [2.24, 2.45) is 5.92 Å². The third kappa shape index (κ3) is 3.31. The minimum atomic E-state index is 0.0928. The SMILES string of the molecule is C[C@H]1C[C@@H](C(=O)Nc2ccc(-c3cnco3)cc2)CCN1. The molecule has 1 aromatic heterocycles. The van der Waals surface area contributed by atoms with E-state index in [4.69, 9.17) is 4.42 Å². The number of anilines is 1. The van der Waals surface area contributed by atoms with Crippen LogP contribution in [0.15, 0.2) is 41.3 Å². The highest BCUT2D eigenvalue weighted by Crippen LogP contribution is 2.22. The van der Waals surface area contributed by atoms with Crippen molar-refractivity contribution >= 4 is 11.6 Å². The highest BCUT2D eigenvalue weighted by Gasteiger charge is 2.24. The van der Waals surface area contributed by atoms with E-state index in [1.54, 1.807) is 6.20 Å². The smallest absolute Gasteiger partial charge is 0.227 e. The van der Waals surface area contributed by atoms with Crippen LogP contribution in [0.3, 0.4) is 0 Å². The summed E-state index contributed by atoms with van der Waals surface area (Å²) in [6, 6.07) is 8.02. The van der Waals surface area contributed by atoms with Crippen LogP contribution >= 0.6 is 0 Å². The van der Waals surface area contributed by atoms with Crippen molar-refractivity contribution in [3.63, 3.8) is 0 Å². The van der Waals surface area contributed by atoms with Gasteiger partial charge >= 0.3 is 0 Å². The normalized spacial score (nSPS) is 22.0. The van der Waals surface area contributed by atoms with Gasteiger partial charge in [-0.1, -0.05) is 0 Å². The van der Waals surface area contributed by atoms with Gasteiger partial charge in [0.25, 0.3) is 0 Å². The van der Waals surface area contributed by atoms with Gasteiger partial charge in [0.2, 0.25) is 5.91 Å². The number of carbonyl (C=O) groups excluding carboxylic acids is 1. The largest absolute Gasteiger partial charge is 0.444 e. The van der Waals surface area contributed by atoms with Crippen LogP contribution in [0.5, 0.6) is 0 Å². The molecule has 5 heteroatoms. The van der Waals surface area contributed by atoms with Gasteiger partial charge in [0.15, 0.2) is 12.2 Å². The van der Waals surface area contributed by atoms with Crippen molar-refractivity contribution in [2.45, 2.75) is 25.8 Å². The monoisotopic (exact) mass is 285 g/mol. The maximum Gasteiger partial charge on any atom is 0.227 e. The Bertz CT molecular complexity index is 592. The predicted octanol–water partition coefficient (Wildman–Crippen LogP) is 2.67. The average Bonchev–Trinajstić information content (AvgIpc) is 3.02. The standard InChI is InChI=1S/C16H19N3O2/c1-11-8-13(6-7-18-11)16(20)19-14-4-2-12(3-5-14)15-9-17-10-21-15/h2-5,9-11,13,18H,6-8H2,1H3,(H,19,20)/t11-,13-/m0/s1. The van der Waals surface area contributed by atoms with Gasteiger partial charge in [0.1, 0.15) is 0 Å². The summed E-state index contributed by atoms with van der Waals surface area (Å²) in [7, 11) is 0. The second kappa shape index (κ2) is 6.10. The second-order valence-electron chi connectivity index (χ2n) is 5.51. The molecule has 21 heavy (non-hydrogen) atoms. The Balaban J connectivity index is 1.63. The summed E-state index contributed by atoms with van der Waals surface area (Å²) in [5.41, 5.74) is 1.76. The maximum atomic E-state index is 12.3. The van der Waals surface area contributed by atoms with E-state index in [0.29, 0.717) is 6.04 Å². The Morgan fingerprint density at radius 2 is 2.19 bits per heavy atom. The summed E-state index contributed by atoms with van der Waals surface area (Å²) < 4.78 is 5.24. The molecule has 1 aliphatic rings. The first-order valence-electron chi connectivity index (χ1n) is 7.25. The molecule has 1 aliphatic heterocycles. The molecule has 1 aromatic carbocycles. The molecule has 1 fully saturated rings. The molecule has 0 unspecified atom stereocenters. The van der Waals surface area contributed by atoms with Crippen LogP contribution in [0.1, 0.15) is 19.8 Å². The van der Waals surface area contributed by atoms with Gasteiger partial charge in [-0.3, -0.25) is 4.79 Å². The molecule has 2 heterocycles. The Morgan fingerprint density at radius 1 is 1.38 bits per heavy atom. The Morgan fingerprint density at radius 3 is 2.86 bits per heavy atom. The highest BCUT2D eigenvalue weighted by atomic mass is 16.3. The van der Waals surface area contributed by atoms with E-state index in [2.05, 4.69) is 22.5 Å². The first-order chi connectivity index (χ1) is 10.2. The summed E-state index contributed by atoms with van der Waals surface area (Å²) in [4.78, 5) is 16.2. The van der Waals surface area contributed by atoms with Crippen molar-refractivity contribution in [2.75, 3.05) is 11.9 Å². The molecular formula is C16H19N3O2. The van der Waals surface area contributed by atoms with E-state index >= 15 is 0 Å². The molecule has 5 nitrogen and oxygen atoms in total. The topological polar surface area (TPSA) is 67.2 Å². The Hall–Kier alpha value is -2.14. The number of carbonyl (C=O) groups is 1.